The Labute approximate surface area is 211 Å². The zero-order chi connectivity index (χ0) is 25.6. The summed E-state index contributed by atoms with van der Waals surface area (Å²) < 4.78 is 19.1. The predicted octanol–water partition coefficient (Wildman–Crippen LogP) is 3.12. The summed E-state index contributed by atoms with van der Waals surface area (Å²) >= 11 is 6.50. The number of benzene rings is 2. The zero-order valence-electron chi connectivity index (χ0n) is 19.8. The van der Waals surface area contributed by atoms with Crippen LogP contribution < -0.4 is 21.5 Å². The summed E-state index contributed by atoms with van der Waals surface area (Å²) in [7, 11) is 3.28. The summed E-state index contributed by atoms with van der Waals surface area (Å²) in [6.45, 7) is 2.87. The second kappa shape index (κ2) is 9.33. The van der Waals surface area contributed by atoms with E-state index in [0.29, 0.717) is 35.6 Å². The fourth-order valence-corrected chi connectivity index (χ4v) is 4.80. The monoisotopic (exact) mass is 509 g/mol. The highest BCUT2D eigenvalue weighted by Crippen LogP contribution is 2.40. The van der Waals surface area contributed by atoms with E-state index in [2.05, 4.69) is 5.32 Å². The molecular weight excluding hydrogens is 485 g/mol. The molecule has 36 heavy (non-hydrogen) atoms. The van der Waals surface area contributed by atoms with Crippen LogP contribution in [0.4, 0.5) is 10.1 Å². The minimum Gasteiger partial charge on any atom is -0.507 e. The number of phenolic OH excluding ortho intramolecular Hbond substituents is 1. The molecule has 0 saturated carbocycles. The molecule has 186 valence electrons. The van der Waals surface area contributed by atoms with Gasteiger partial charge in [0.25, 0.3) is 5.56 Å². The van der Waals surface area contributed by atoms with Crippen molar-refractivity contribution in [2.45, 2.75) is 0 Å². The Morgan fingerprint density at radius 1 is 0.917 bits per heavy atom. The standard InChI is InChI=1S/C26H25ClFN5O3/c1-30-9-10-33(26(30)36)22-4-3-16(11-21(22)27)19-13-18(28)14-20(24(19)34)17-12-23(25(35)31(2)15-17)32-7-5-29-6-8-32/h3-4,9-15,29,34H,5-8H2,1-2H3. The van der Waals surface area contributed by atoms with Crippen molar-refractivity contribution in [1.82, 2.24) is 19.0 Å². The molecule has 2 aromatic carbocycles. The van der Waals surface area contributed by atoms with E-state index in [1.807, 2.05) is 4.90 Å². The number of hydrogen-bond acceptors (Lipinski definition) is 5. The summed E-state index contributed by atoms with van der Waals surface area (Å²) in [6.07, 6.45) is 4.82. The normalized spacial score (nSPS) is 13.8. The van der Waals surface area contributed by atoms with Gasteiger partial charge in [0.15, 0.2) is 0 Å². The van der Waals surface area contributed by atoms with Gasteiger partial charge in [-0.25, -0.2) is 9.18 Å². The van der Waals surface area contributed by atoms with Crippen molar-refractivity contribution in [3.05, 3.63) is 86.7 Å². The van der Waals surface area contributed by atoms with Crippen molar-refractivity contribution < 1.29 is 9.50 Å². The maximum atomic E-state index is 14.8. The Kier molecular flexibility index (Phi) is 6.19. The van der Waals surface area contributed by atoms with Crippen LogP contribution in [0, 0.1) is 5.82 Å². The van der Waals surface area contributed by atoms with Crippen LogP contribution in [0.5, 0.6) is 5.75 Å². The third kappa shape index (κ3) is 4.20. The van der Waals surface area contributed by atoms with Crippen LogP contribution in [0.15, 0.2) is 64.6 Å². The van der Waals surface area contributed by atoms with Gasteiger partial charge in [-0.3, -0.25) is 9.36 Å². The lowest BCUT2D eigenvalue weighted by Gasteiger charge is -2.29. The molecule has 3 heterocycles. The second-order valence-electron chi connectivity index (χ2n) is 8.84. The molecule has 1 fully saturated rings. The number of anilines is 1. The highest BCUT2D eigenvalue weighted by Gasteiger charge is 2.20. The molecule has 0 aliphatic carbocycles. The topological polar surface area (TPSA) is 84.4 Å². The molecule has 0 spiro atoms. The molecule has 10 heteroatoms. The molecule has 4 aromatic rings. The van der Waals surface area contributed by atoms with Gasteiger partial charge in [0.05, 0.1) is 10.7 Å². The zero-order valence-corrected chi connectivity index (χ0v) is 20.6. The number of imidazole rings is 1. The van der Waals surface area contributed by atoms with E-state index in [1.165, 1.54) is 25.8 Å². The largest absolute Gasteiger partial charge is 0.507 e. The van der Waals surface area contributed by atoms with Crippen LogP contribution in [-0.4, -0.2) is 45.0 Å². The molecule has 1 saturated heterocycles. The Morgan fingerprint density at radius 3 is 2.25 bits per heavy atom. The molecule has 2 N–H and O–H groups in total. The van der Waals surface area contributed by atoms with E-state index in [-0.39, 0.29) is 33.1 Å². The molecule has 1 aliphatic rings. The van der Waals surface area contributed by atoms with E-state index in [1.54, 1.807) is 57.0 Å². The molecule has 0 atom stereocenters. The minimum atomic E-state index is -0.546. The smallest absolute Gasteiger partial charge is 0.332 e. The number of phenols is 1. The quantitative estimate of drug-likeness (QED) is 0.441. The maximum Gasteiger partial charge on any atom is 0.332 e. The van der Waals surface area contributed by atoms with Crippen LogP contribution in [0.2, 0.25) is 5.02 Å². The number of nitrogens with one attached hydrogen (secondary N) is 1. The van der Waals surface area contributed by atoms with Gasteiger partial charge in [-0.15, -0.1) is 0 Å². The van der Waals surface area contributed by atoms with Gasteiger partial charge in [-0.05, 0) is 35.9 Å². The lowest BCUT2D eigenvalue weighted by Crippen LogP contribution is -2.45. The molecule has 0 radical (unpaired) electrons. The number of pyridine rings is 1. The fraction of sp³-hybridized carbons (Fsp3) is 0.231. The minimum absolute atomic E-state index is 0.137. The summed E-state index contributed by atoms with van der Waals surface area (Å²) in [5.74, 6) is -0.683. The third-order valence-electron chi connectivity index (χ3n) is 6.47. The van der Waals surface area contributed by atoms with Crippen molar-refractivity contribution >= 4 is 17.3 Å². The number of piperazine rings is 1. The first-order valence-electron chi connectivity index (χ1n) is 11.5. The summed E-state index contributed by atoms with van der Waals surface area (Å²) in [5, 5.41) is 14.8. The molecule has 0 bridgehead atoms. The first-order valence-corrected chi connectivity index (χ1v) is 11.9. The highest BCUT2D eigenvalue weighted by atomic mass is 35.5. The van der Waals surface area contributed by atoms with Crippen molar-refractivity contribution in [3.63, 3.8) is 0 Å². The van der Waals surface area contributed by atoms with Crippen molar-refractivity contribution in [1.29, 1.82) is 0 Å². The SMILES string of the molecule is Cn1cc(-c2cc(F)cc(-c3ccc(-n4ccn(C)c4=O)c(Cl)c3)c2O)cc(N2CCNCC2)c1=O. The van der Waals surface area contributed by atoms with Crippen LogP contribution in [-0.2, 0) is 14.1 Å². The summed E-state index contributed by atoms with van der Waals surface area (Å²) in [6, 6.07) is 9.09. The van der Waals surface area contributed by atoms with Gasteiger partial charge >= 0.3 is 5.69 Å². The average molecular weight is 510 g/mol. The van der Waals surface area contributed by atoms with Crippen molar-refractivity contribution in [3.8, 4) is 33.7 Å². The van der Waals surface area contributed by atoms with E-state index < -0.39 is 5.82 Å². The van der Waals surface area contributed by atoms with Crippen LogP contribution in [0.3, 0.4) is 0 Å². The molecule has 2 aromatic heterocycles. The summed E-state index contributed by atoms with van der Waals surface area (Å²) in [5.41, 5.74) is 2.07. The lowest BCUT2D eigenvalue weighted by atomic mass is 9.97. The summed E-state index contributed by atoms with van der Waals surface area (Å²) in [4.78, 5) is 27.1. The van der Waals surface area contributed by atoms with E-state index >= 15 is 0 Å². The molecule has 0 amide bonds. The van der Waals surface area contributed by atoms with Crippen LogP contribution in [0.25, 0.3) is 27.9 Å². The Bertz CT molecular complexity index is 1580. The third-order valence-corrected chi connectivity index (χ3v) is 6.78. The predicted molar refractivity (Wildman–Crippen MR) is 139 cm³/mol. The Balaban J connectivity index is 1.60. The van der Waals surface area contributed by atoms with Gasteiger partial charge in [-0.2, -0.15) is 0 Å². The molecule has 1 aliphatic heterocycles. The maximum absolute atomic E-state index is 14.8. The second-order valence-corrected chi connectivity index (χ2v) is 9.25. The number of nitrogens with zero attached hydrogens (tertiary/aromatic N) is 4. The van der Waals surface area contributed by atoms with E-state index in [4.69, 9.17) is 11.6 Å². The number of aromatic nitrogens is 3. The van der Waals surface area contributed by atoms with Crippen LogP contribution in [0.1, 0.15) is 0 Å². The molecule has 5 rings (SSSR count). The van der Waals surface area contributed by atoms with Crippen molar-refractivity contribution in [2.24, 2.45) is 14.1 Å². The molecule has 8 nitrogen and oxygen atoms in total. The fourth-order valence-electron chi connectivity index (χ4n) is 4.53. The first-order chi connectivity index (χ1) is 17.2. The van der Waals surface area contributed by atoms with Gasteiger partial charge < -0.3 is 24.5 Å². The van der Waals surface area contributed by atoms with Gasteiger partial charge in [-0.1, -0.05) is 17.7 Å². The first kappa shape index (κ1) is 23.9. The highest BCUT2D eigenvalue weighted by molar-refractivity contribution is 6.32. The van der Waals surface area contributed by atoms with Crippen LogP contribution >= 0.6 is 11.6 Å². The molecule has 0 unspecified atom stereocenters. The Hall–Kier alpha value is -3.82. The molecular formula is C26H25ClFN5O3. The van der Waals surface area contributed by atoms with E-state index in [9.17, 15) is 19.1 Å². The number of hydrogen-bond donors (Lipinski definition) is 2. The van der Waals surface area contributed by atoms with Gasteiger partial charge in [0, 0.05) is 75.6 Å². The average Bonchev–Trinajstić information content (AvgIpc) is 3.20. The number of aryl methyl sites for hydroxylation is 2. The number of halogens is 2. The number of rotatable bonds is 4. The van der Waals surface area contributed by atoms with E-state index in [0.717, 1.165) is 13.1 Å². The lowest BCUT2D eigenvalue weighted by molar-refractivity contribution is 0.477. The number of aromatic hydroxyl groups is 1. The van der Waals surface area contributed by atoms with Crippen molar-refractivity contribution in [2.75, 3.05) is 31.1 Å². The Morgan fingerprint density at radius 2 is 1.61 bits per heavy atom. The van der Waals surface area contributed by atoms with Gasteiger partial charge in [0.1, 0.15) is 17.3 Å². The van der Waals surface area contributed by atoms with Gasteiger partial charge in [0.2, 0.25) is 0 Å².